The lowest BCUT2D eigenvalue weighted by Gasteiger charge is -2.53. The summed E-state index contributed by atoms with van der Waals surface area (Å²) in [5.74, 6) is 0.136. The normalized spacial score (nSPS) is 23.9. The first kappa shape index (κ1) is 22.2. The van der Waals surface area contributed by atoms with Gasteiger partial charge in [-0.3, -0.25) is 19.8 Å². The van der Waals surface area contributed by atoms with E-state index in [1.165, 1.54) is 4.90 Å². The van der Waals surface area contributed by atoms with Crippen LogP contribution in [0.5, 0.6) is 11.5 Å². The third-order valence-electron chi connectivity index (χ3n) is 7.04. The standard InChI is InChI=1S/C25H27N3O6/c1-32-19-8-7-16(13-20(19)33-2)9-10-28-23(30)25(22(29)26-24(28)31)14-17-5-3-4-6-18(17)27-11-12-34-15-21(25)27/h3-8,13,21H,9-12,14-15H2,1-2H3,(H,26,29,31). The van der Waals surface area contributed by atoms with Crippen LogP contribution < -0.4 is 19.7 Å². The van der Waals surface area contributed by atoms with E-state index in [0.29, 0.717) is 31.1 Å². The van der Waals surface area contributed by atoms with E-state index in [1.54, 1.807) is 20.3 Å². The molecule has 3 aliphatic rings. The van der Waals surface area contributed by atoms with Gasteiger partial charge in [-0.15, -0.1) is 0 Å². The van der Waals surface area contributed by atoms with Gasteiger partial charge in [-0.25, -0.2) is 4.79 Å². The first-order valence-electron chi connectivity index (χ1n) is 11.3. The highest BCUT2D eigenvalue weighted by Gasteiger charge is 2.62. The maximum atomic E-state index is 13.9. The molecule has 2 saturated heterocycles. The van der Waals surface area contributed by atoms with Crippen molar-refractivity contribution in [1.29, 1.82) is 0 Å². The van der Waals surface area contributed by atoms with Crippen molar-refractivity contribution in [3.05, 3.63) is 53.6 Å². The lowest BCUT2D eigenvalue weighted by atomic mass is 9.68. The molecule has 2 unspecified atom stereocenters. The molecule has 34 heavy (non-hydrogen) atoms. The van der Waals surface area contributed by atoms with Gasteiger partial charge in [0.15, 0.2) is 16.9 Å². The Bertz CT molecular complexity index is 1150. The SMILES string of the molecule is COc1ccc(CCN2C(=O)NC(=O)C3(Cc4ccccc4N4CCOCC43)C2=O)cc1OC. The average Bonchev–Trinajstić information content (AvgIpc) is 2.87. The van der Waals surface area contributed by atoms with Crippen molar-refractivity contribution < 1.29 is 28.6 Å². The van der Waals surface area contributed by atoms with Crippen molar-refractivity contribution in [2.24, 2.45) is 5.41 Å². The van der Waals surface area contributed by atoms with Crippen molar-refractivity contribution in [3.8, 4) is 11.5 Å². The van der Waals surface area contributed by atoms with Crippen molar-refractivity contribution in [2.45, 2.75) is 18.9 Å². The van der Waals surface area contributed by atoms with Crippen LogP contribution in [-0.2, 0) is 27.2 Å². The van der Waals surface area contributed by atoms with Gasteiger partial charge in [0.25, 0.3) is 0 Å². The Labute approximate surface area is 197 Å². The average molecular weight is 466 g/mol. The number of amides is 4. The molecule has 3 aliphatic heterocycles. The Balaban J connectivity index is 1.46. The maximum absolute atomic E-state index is 13.9. The van der Waals surface area contributed by atoms with E-state index >= 15 is 0 Å². The Morgan fingerprint density at radius 2 is 1.88 bits per heavy atom. The van der Waals surface area contributed by atoms with E-state index in [2.05, 4.69) is 10.2 Å². The molecule has 2 atom stereocenters. The van der Waals surface area contributed by atoms with Gasteiger partial charge in [0.2, 0.25) is 11.8 Å². The second-order valence-corrected chi connectivity index (χ2v) is 8.72. The zero-order chi connectivity index (χ0) is 23.9. The fourth-order valence-electron chi connectivity index (χ4n) is 5.30. The molecule has 2 aromatic rings. The van der Waals surface area contributed by atoms with Gasteiger partial charge in [0, 0.05) is 18.8 Å². The van der Waals surface area contributed by atoms with Gasteiger partial charge in [-0.05, 0) is 42.2 Å². The molecule has 1 spiro atoms. The van der Waals surface area contributed by atoms with Crippen LogP contribution >= 0.6 is 0 Å². The van der Waals surface area contributed by atoms with E-state index in [-0.39, 0.29) is 19.6 Å². The van der Waals surface area contributed by atoms with E-state index in [4.69, 9.17) is 14.2 Å². The van der Waals surface area contributed by atoms with Crippen LogP contribution in [0.15, 0.2) is 42.5 Å². The second kappa shape index (κ2) is 8.64. The number of methoxy groups -OCH3 is 2. The number of ether oxygens (including phenoxy) is 3. The van der Waals surface area contributed by atoms with Crippen LogP contribution in [0.4, 0.5) is 10.5 Å². The Kier molecular flexibility index (Phi) is 5.65. The fourth-order valence-corrected chi connectivity index (χ4v) is 5.30. The van der Waals surface area contributed by atoms with Gasteiger partial charge >= 0.3 is 6.03 Å². The fraction of sp³-hybridized carbons (Fsp3) is 0.400. The van der Waals surface area contributed by atoms with E-state index in [9.17, 15) is 14.4 Å². The van der Waals surface area contributed by atoms with Gasteiger partial charge in [-0.2, -0.15) is 0 Å². The third-order valence-corrected chi connectivity index (χ3v) is 7.04. The van der Waals surface area contributed by atoms with Crippen LogP contribution in [0, 0.1) is 5.41 Å². The van der Waals surface area contributed by atoms with E-state index in [0.717, 1.165) is 16.8 Å². The third kappa shape index (κ3) is 3.38. The molecule has 178 valence electrons. The zero-order valence-electron chi connectivity index (χ0n) is 19.2. The molecule has 9 heteroatoms. The number of anilines is 1. The molecule has 4 amide bonds. The molecule has 0 bridgehead atoms. The summed E-state index contributed by atoms with van der Waals surface area (Å²) in [5.41, 5.74) is 1.37. The highest BCUT2D eigenvalue weighted by atomic mass is 16.5. The molecular formula is C25H27N3O6. The molecule has 0 aromatic heterocycles. The predicted molar refractivity (Wildman–Crippen MR) is 123 cm³/mol. The minimum Gasteiger partial charge on any atom is -0.493 e. The van der Waals surface area contributed by atoms with Gasteiger partial charge in [0.1, 0.15) is 0 Å². The quantitative estimate of drug-likeness (QED) is 0.672. The number of nitrogens with zero attached hydrogens (tertiary/aromatic N) is 2. The lowest BCUT2D eigenvalue weighted by Crippen LogP contribution is -2.74. The molecule has 1 N–H and O–H groups in total. The van der Waals surface area contributed by atoms with Gasteiger partial charge in [0.05, 0.1) is 33.5 Å². The number of urea groups is 1. The van der Waals surface area contributed by atoms with Crippen molar-refractivity contribution in [3.63, 3.8) is 0 Å². The minimum absolute atomic E-state index is 0.129. The first-order chi connectivity index (χ1) is 16.5. The molecule has 0 radical (unpaired) electrons. The summed E-state index contributed by atoms with van der Waals surface area (Å²) in [6, 6.07) is 12.1. The highest BCUT2D eigenvalue weighted by molar-refractivity contribution is 6.20. The van der Waals surface area contributed by atoms with Crippen molar-refractivity contribution in [2.75, 3.05) is 45.4 Å². The van der Waals surface area contributed by atoms with Crippen molar-refractivity contribution in [1.82, 2.24) is 10.2 Å². The summed E-state index contributed by atoms with van der Waals surface area (Å²) >= 11 is 0. The lowest BCUT2D eigenvalue weighted by molar-refractivity contribution is -0.155. The predicted octanol–water partition coefficient (Wildman–Crippen LogP) is 1.77. The first-order valence-corrected chi connectivity index (χ1v) is 11.3. The maximum Gasteiger partial charge on any atom is 0.330 e. The Hall–Kier alpha value is -3.59. The minimum atomic E-state index is -1.43. The second-order valence-electron chi connectivity index (χ2n) is 8.72. The number of hydrogen-bond donors (Lipinski definition) is 1. The number of barbiturate groups is 1. The number of rotatable bonds is 5. The monoisotopic (exact) mass is 465 g/mol. The van der Waals surface area contributed by atoms with Crippen LogP contribution in [0.1, 0.15) is 11.1 Å². The molecule has 0 aliphatic carbocycles. The largest absolute Gasteiger partial charge is 0.493 e. The summed E-state index contributed by atoms with van der Waals surface area (Å²) < 4.78 is 16.4. The highest BCUT2D eigenvalue weighted by Crippen LogP contribution is 2.45. The number of para-hydroxylation sites is 1. The number of fused-ring (bicyclic) bond motifs is 4. The molecule has 9 nitrogen and oxygen atoms in total. The summed E-state index contributed by atoms with van der Waals surface area (Å²) in [6.45, 7) is 1.46. The topological polar surface area (TPSA) is 97.4 Å². The smallest absolute Gasteiger partial charge is 0.330 e. The van der Waals surface area contributed by atoms with Gasteiger partial charge in [-0.1, -0.05) is 24.3 Å². The summed E-state index contributed by atoms with van der Waals surface area (Å²) in [5, 5.41) is 2.46. The van der Waals surface area contributed by atoms with Gasteiger partial charge < -0.3 is 19.1 Å². The molecule has 2 aromatic carbocycles. The van der Waals surface area contributed by atoms with Crippen LogP contribution in [-0.4, -0.2) is 69.3 Å². The van der Waals surface area contributed by atoms with Crippen LogP contribution in [0.3, 0.4) is 0 Å². The molecule has 3 heterocycles. The summed E-state index contributed by atoms with van der Waals surface area (Å²) in [7, 11) is 3.11. The Morgan fingerprint density at radius 1 is 1.09 bits per heavy atom. The van der Waals surface area contributed by atoms with Crippen LogP contribution in [0.2, 0.25) is 0 Å². The molecule has 2 fully saturated rings. The molecular weight excluding hydrogens is 438 g/mol. The number of carbonyl (C=O) groups is 3. The van der Waals surface area contributed by atoms with E-state index < -0.39 is 29.3 Å². The zero-order valence-corrected chi connectivity index (χ0v) is 19.2. The summed E-state index contributed by atoms with van der Waals surface area (Å²) in [4.78, 5) is 43.3. The number of benzene rings is 2. The number of morpholine rings is 1. The number of hydrogen-bond acceptors (Lipinski definition) is 7. The number of imide groups is 2. The number of carbonyl (C=O) groups excluding carboxylic acids is 3. The van der Waals surface area contributed by atoms with Crippen molar-refractivity contribution >= 4 is 23.5 Å². The Morgan fingerprint density at radius 3 is 2.68 bits per heavy atom. The number of nitrogens with one attached hydrogen (secondary N) is 1. The summed E-state index contributed by atoms with van der Waals surface area (Å²) in [6.07, 6.45) is 0.629. The van der Waals surface area contributed by atoms with Crippen LogP contribution in [0.25, 0.3) is 0 Å². The molecule has 5 rings (SSSR count). The van der Waals surface area contributed by atoms with E-state index in [1.807, 2.05) is 36.4 Å². The molecule has 0 saturated carbocycles.